The van der Waals surface area contributed by atoms with Gasteiger partial charge in [0.1, 0.15) is 5.75 Å². The van der Waals surface area contributed by atoms with E-state index in [9.17, 15) is 38.9 Å². The van der Waals surface area contributed by atoms with E-state index in [0.717, 1.165) is 0 Å². The maximum Gasteiger partial charge on any atom is 0.336 e. The third kappa shape index (κ3) is 14.2. The SMILES string of the molecule is O=C(O)c1ccccc1C(=O)O.O=C(O)c1ccccc1C(=O)O.O=C(O)c1ccccc1C(=O)O.O=[N+]([O-])c1ccc(O)cc1.P.P. The lowest BCUT2D eigenvalue weighted by Crippen LogP contribution is -2.06. The minimum absolute atomic E-state index is 0. The minimum atomic E-state index is -1.23. The number of non-ortho nitro benzene ring substituents is 1. The third-order valence-electron chi connectivity index (χ3n) is 5.22. The molecular weight excluding hydrogens is 676 g/mol. The highest BCUT2D eigenvalue weighted by Gasteiger charge is 2.15. The van der Waals surface area contributed by atoms with Gasteiger partial charge in [0, 0.05) is 12.1 Å². The summed E-state index contributed by atoms with van der Waals surface area (Å²) in [5.41, 5.74) is -1.15. The number of carboxylic acids is 6. The van der Waals surface area contributed by atoms with Crippen molar-refractivity contribution in [1.82, 2.24) is 0 Å². The van der Waals surface area contributed by atoms with Gasteiger partial charge in [0.25, 0.3) is 5.69 Å². The number of hydrogen-bond donors (Lipinski definition) is 7. The van der Waals surface area contributed by atoms with Gasteiger partial charge in [-0.25, -0.2) is 28.8 Å². The van der Waals surface area contributed by atoms with Gasteiger partial charge in [-0.15, -0.1) is 0 Å². The summed E-state index contributed by atoms with van der Waals surface area (Å²) in [6.45, 7) is 0. The number of aromatic hydroxyl groups is 1. The summed E-state index contributed by atoms with van der Waals surface area (Å²) in [7, 11) is 0. The van der Waals surface area contributed by atoms with E-state index in [1.807, 2.05) is 0 Å². The van der Waals surface area contributed by atoms with E-state index in [1.54, 1.807) is 0 Å². The van der Waals surface area contributed by atoms with Crippen LogP contribution in [0.4, 0.5) is 5.69 Å². The molecule has 0 bridgehead atoms. The summed E-state index contributed by atoms with van der Waals surface area (Å²) in [4.78, 5) is 72.3. The van der Waals surface area contributed by atoms with E-state index in [-0.39, 0.29) is 64.6 Å². The first-order valence-corrected chi connectivity index (χ1v) is 12.2. The quantitative estimate of drug-likeness (QED) is 0.0781. The van der Waals surface area contributed by atoms with Crippen LogP contribution in [0.15, 0.2) is 97.1 Å². The molecule has 7 N–H and O–H groups in total. The molecule has 0 radical (unpaired) electrons. The number of nitro groups is 1. The van der Waals surface area contributed by atoms with Crippen LogP contribution in [-0.2, 0) is 0 Å². The summed E-state index contributed by atoms with van der Waals surface area (Å²) >= 11 is 0. The predicted octanol–water partition coefficient (Wildman–Crippen LogP) is 4.67. The van der Waals surface area contributed by atoms with Gasteiger partial charge in [0.2, 0.25) is 0 Å². The van der Waals surface area contributed by atoms with Gasteiger partial charge in [-0.1, -0.05) is 36.4 Å². The first-order valence-electron chi connectivity index (χ1n) is 12.2. The molecule has 2 atom stereocenters. The van der Waals surface area contributed by atoms with Crippen molar-refractivity contribution in [2.24, 2.45) is 0 Å². The highest BCUT2D eigenvalue weighted by atomic mass is 31.0. The number of carboxylic acid groups (broad SMARTS) is 6. The molecule has 4 rings (SSSR count). The van der Waals surface area contributed by atoms with Crippen molar-refractivity contribution in [1.29, 1.82) is 0 Å². The smallest absolute Gasteiger partial charge is 0.336 e. The lowest BCUT2D eigenvalue weighted by molar-refractivity contribution is -0.384. The second kappa shape index (κ2) is 21.5. The highest BCUT2D eigenvalue weighted by Crippen LogP contribution is 2.15. The van der Waals surface area contributed by atoms with Crippen molar-refractivity contribution in [2.75, 3.05) is 0 Å². The lowest BCUT2D eigenvalue weighted by Gasteiger charge is -1.98. The first kappa shape index (κ1) is 43.9. The van der Waals surface area contributed by atoms with Gasteiger partial charge < -0.3 is 35.7 Å². The first-order chi connectivity index (χ1) is 21.6. The van der Waals surface area contributed by atoms with Crippen molar-refractivity contribution in [3.8, 4) is 5.75 Å². The molecule has 0 spiro atoms. The molecule has 0 amide bonds. The Labute approximate surface area is 276 Å². The Kier molecular flexibility index (Phi) is 19.6. The van der Waals surface area contributed by atoms with Crippen LogP contribution >= 0.6 is 19.8 Å². The van der Waals surface area contributed by atoms with Crippen LogP contribution in [0.2, 0.25) is 0 Å². The number of benzene rings is 4. The average Bonchev–Trinajstić information content (AvgIpc) is 3.02. The zero-order chi connectivity index (χ0) is 35.0. The standard InChI is InChI=1S/3C8H6O4.C6H5NO3.2H3P/c3*9-7(10)5-3-1-2-4-6(5)8(11)12;8-6-3-1-5(2-4-6)7(9)10;;/h3*1-4H,(H,9,10)(H,11,12);1-4,8H;2*1H3. The van der Waals surface area contributed by atoms with E-state index in [2.05, 4.69) is 0 Å². The van der Waals surface area contributed by atoms with Crippen LogP contribution in [0.3, 0.4) is 0 Å². The number of hydrogen-bond acceptors (Lipinski definition) is 9. The zero-order valence-corrected chi connectivity index (χ0v) is 27.3. The number of phenolic OH excluding ortho intramolecular Hbond substituents is 1. The number of rotatable bonds is 7. The molecule has 4 aromatic carbocycles. The Morgan fingerprint density at radius 3 is 0.750 bits per heavy atom. The fourth-order valence-corrected chi connectivity index (χ4v) is 3.14. The topological polar surface area (TPSA) is 287 Å². The maximum absolute atomic E-state index is 10.5. The van der Waals surface area contributed by atoms with Crippen LogP contribution in [0.5, 0.6) is 5.75 Å². The van der Waals surface area contributed by atoms with E-state index >= 15 is 0 Å². The Bertz CT molecular complexity index is 1500. The summed E-state index contributed by atoms with van der Waals surface area (Å²) < 4.78 is 0. The van der Waals surface area contributed by atoms with Crippen molar-refractivity contribution in [2.45, 2.75) is 0 Å². The Balaban J connectivity index is 0. The van der Waals surface area contributed by atoms with Crippen LogP contribution in [0, 0.1) is 10.1 Å². The van der Waals surface area contributed by atoms with Gasteiger partial charge >= 0.3 is 35.8 Å². The van der Waals surface area contributed by atoms with Gasteiger partial charge in [0.15, 0.2) is 0 Å². The molecule has 2 unspecified atom stereocenters. The fraction of sp³-hybridized carbons (Fsp3) is 0. The summed E-state index contributed by atoms with van der Waals surface area (Å²) in [5, 5.41) is 70.1. The maximum atomic E-state index is 10.5. The molecule has 0 saturated heterocycles. The van der Waals surface area contributed by atoms with Crippen LogP contribution in [-0.4, -0.2) is 76.5 Å². The molecule has 0 saturated carbocycles. The van der Waals surface area contributed by atoms with Gasteiger partial charge in [-0.3, -0.25) is 10.1 Å². The number of carbonyl (C=O) groups is 6. The third-order valence-corrected chi connectivity index (χ3v) is 5.22. The second-order valence-corrected chi connectivity index (χ2v) is 8.24. The number of aromatic carboxylic acids is 6. The largest absolute Gasteiger partial charge is 0.508 e. The van der Waals surface area contributed by atoms with Gasteiger partial charge in [0.05, 0.1) is 38.3 Å². The molecule has 0 heterocycles. The zero-order valence-electron chi connectivity index (χ0n) is 24.5. The Morgan fingerprint density at radius 2 is 0.604 bits per heavy atom. The fourth-order valence-electron chi connectivity index (χ4n) is 3.14. The number of phenols is 1. The van der Waals surface area contributed by atoms with Crippen molar-refractivity contribution < 1.29 is 69.4 Å². The van der Waals surface area contributed by atoms with Gasteiger partial charge in [-0.05, 0) is 48.5 Å². The summed E-state index contributed by atoms with van der Waals surface area (Å²) in [6, 6.07) is 21.5. The van der Waals surface area contributed by atoms with Crippen LogP contribution in [0.25, 0.3) is 0 Å². The monoisotopic (exact) mass is 705 g/mol. The lowest BCUT2D eigenvalue weighted by atomic mass is 10.1. The average molecular weight is 706 g/mol. The molecule has 16 nitrogen and oxygen atoms in total. The van der Waals surface area contributed by atoms with Crippen molar-refractivity contribution in [3.05, 3.63) is 141 Å². The second-order valence-electron chi connectivity index (χ2n) is 8.24. The molecule has 0 aromatic heterocycles. The Hall–Kier alpha value is -6.24. The molecular formula is C30H29NO15P2. The highest BCUT2D eigenvalue weighted by molar-refractivity contribution is 6.92. The van der Waals surface area contributed by atoms with Crippen LogP contribution in [0.1, 0.15) is 62.1 Å². The van der Waals surface area contributed by atoms with E-state index in [4.69, 9.17) is 35.7 Å². The van der Waals surface area contributed by atoms with E-state index in [1.165, 1.54) is 97.1 Å². The molecule has 48 heavy (non-hydrogen) atoms. The summed E-state index contributed by atoms with van der Waals surface area (Å²) in [6.07, 6.45) is 0. The molecule has 0 aliphatic rings. The van der Waals surface area contributed by atoms with Crippen LogP contribution < -0.4 is 0 Å². The van der Waals surface area contributed by atoms with Crippen molar-refractivity contribution in [3.63, 3.8) is 0 Å². The minimum Gasteiger partial charge on any atom is -0.508 e. The molecule has 0 aliphatic carbocycles. The molecule has 0 aliphatic heterocycles. The summed E-state index contributed by atoms with van der Waals surface area (Å²) in [5.74, 6) is -7.34. The predicted molar refractivity (Wildman–Crippen MR) is 178 cm³/mol. The molecule has 18 heteroatoms. The van der Waals surface area contributed by atoms with E-state index in [0.29, 0.717) is 0 Å². The van der Waals surface area contributed by atoms with E-state index < -0.39 is 40.7 Å². The van der Waals surface area contributed by atoms with Gasteiger partial charge in [-0.2, -0.15) is 19.8 Å². The number of nitrogens with zero attached hydrogens (tertiary/aromatic N) is 1. The Morgan fingerprint density at radius 1 is 0.417 bits per heavy atom. The molecule has 254 valence electrons. The van der Waals surface area contributed by atoms with Crippen molar-refractivity contribution >= 4 is 61.3 Å². The number of nitro benzene ring substituents is 1. The normalized spacial score (nSPS) is 8.92. The molecule has 0 fully saturated rings. The molecule has 4 aromatic rings.